The molecular formula is C15H18F2. The summed E-state index contributed by atoms with van der Waals surface area (Å²) in [6.45, 7) is 2.18. The molecule has 0 heterocycles. The number of allylic oxidation sites excluding steroid dienone is 1. The van der Waals surface area contributed by atoms with Gasteiger partial charge in [0.05, 0.1) is 0 Å². The lowest BCUT2D eigenvalue weighted by molar-refractivity contribution is 0.568. The van der Waals surface area contributed by atoms with Gasteiger partial charge in [-0.3, -0.25) is 0 Å². The smallest absolute Gasteiger partial charge is 0.129 e. The van der Waals surface area contributed by atoms with Gasteiger partial charge in [0.2, 0.25) is 0 Å². The Labute approximate surface area is 101 Å². The Bertz CT molecular complexity index is 433. The van der Waals surface area contributed by atoms with Crippen molar-refractivity contribution in [3.8, 4) is 0 Å². The van der Waals surface area contributed by atoms with Gasteiger partial charge in [-0.25, -0.2) is 8.78 Å². The molecule has 17 heavy (non-hydrogen) atoms. The number of hydrogen-bond acceptors (Lipinski definition) is 0. The molecule has 0 saturated carbocycles. The fourth-order valence-electron chi connectivity index (χ4n) is 2.39. The van der Waals surface area contributed by atoms with Gasteiger partial charge in [-0.2, -0.15) is 0 Å². The van der Waals surface area contributed by atoms with Gasteiger partial charge in [0.25, 0.3) is 0 Å². The summed E-state index contributed by atoms with van der Waals surface area (Å²) in [7, 11) is 0. The third-order valence-electron chi connectivity index (χ3n) is 3.35. The van der Waals surface area contributed by atoms with Gasteiger partial charge in [0.1, 0.15) is 11.6 Å². The summed E-state index contributed by atoms with van der Waals surface area (Å²) in [5.74, 6) is -0.879. The largest absolute Gasteiger partial charge is 0.207 e. The van der Waals surface area contributed by atoms with E-state index in [0.29, 0.717) is 12.0 Å². The molecule has 0 aliphatic heterocycles. The van der Waals surface area contributed by atoms with E-state index in [1.807, 2.05) is 6.08 Å². The van der Waals surface area contributed by atoms with Crippen LogP contribution in [-0.4, -0.2) is 0 Å². The van der Waals surface area contributed by atoms with Crippen molar-refractivity contribution in [2.45, 2.75) is 45.4 Å². The maximum Gasteiger partial charge on any atom is 0.129 e. The zero-order valence-electron chi connectivity index (χ0n) is 10.2. The highest BCUT2D eigenvalue weighted by atomic mass is 19.1. The average Bonchev–Trinajstić information content (AvgIpc) is 2.28. The summed E-state index contributed by atoms with van der Waals surface area (Å²) >= 11 is 0. The standard InChI is InChI=1S/C15H18F2/c1-2-3-4-5-11-6-7-14-12(8-11)9-13(16)10-15(14)17/h8-10H,2-7H2,1H3. The van der Waals surface area contributed by atoms with Gasteiger partial charge < -0.3 is 0 Å². The Morgan fingerprint density at radius 3 is 2.71 bits per heavy atom. The molecule has 0 fully saturated rings. The minimum atomic E-state index is -0.479. The van der Waals surface area contributed by atoms with Crippen LogP contribution < -0.4 is 0 Å². The van der Waals surface area contributed by atoms with Crippen LogP contribution in [0.2, 0.25) is 0 Å². The van der Waals surface area contributed by atoms with Crippen LogP contribution in [-0.2, 0) is 6.42 Å². The molecule has 0 amide bonds. The first kappa shape index (κ1) is 12.3. The van der Waals surface area contributed by atoms with Crippen LogP contribution in [0.1, 0.15) is 50.2 Å². The van der Waals surface area contributed by atoms with E-state index < -0.39 is 11.6 Å². The van der Waals surface area contributed by atoms with Crippen molar-refractivity contribution >= 4 is 6.08 Å². The monoisotopic (exact) mass is 236 g/mol. The second kappa shape index (κ2) is 5.44. The van der Waals surface area contributed by atoms with Gasteiger partial charge in [-0.05, 0) is 42.9 Å². The first-order valence-electron chi connectivity index (χ1n) is 6.38. The Morgan fingerprint density at radius 1 is 1.12 bits per heavy atom. The Hall–Kier alpha value is -1.18. The second-order valence-electron chi connectivity index (χ2n) is 4.72. The molecule has 1 aromatic carbocycles. The highest BCUT2D eigenvalue weighted by Gasteiger charge is 2.15. The van der Waals surface area contributed by atoms with Crippen molar-refractivity contribution in [3.63, 3.8) is 0 Å². The molecule has 1 aliphatic rings. The zero-order chi connectivity index (χ0) is 12.3. The van der Waals surface area contributed by atoms with Gasteiger partial charge in [-0.15, -0.1) is 0 Å². The Balaban J connectivity index is 2.16. The topological polar surface area (TPSA) is 0 Å². The first-order chi connectivity index (χ1) is 8.20. The summed E-state index contributed by atoms with van der Waals surface area (Å²) < 4.78 is 26.6. The zero-order valence-corrected chi connectivity index (χ0v) is 10.2. The predicted octanol–water partition coefficient (Wildman–Crippen LogP) is 4.87. The van der Waals surface area contributed by atoms with Crippen molar-refractivity contribution in [3.05, 3.63) is 40.5 Å². The van der Waals surface area contributed by atoms with Crippen LogP contribution in [0.25, 0.3) is 6.08 Å². The van der Waals surface area contributed by atoms with Crippen molar-refractivity contribution in [2.24, 2.45) is 0 Å². The molecule has 0 saturated heterocycles. The van der Waals surface area contributed by atoms with Crippen LogP contribution in [0, 0.1) is 11.6 Å². The lowest BCUT2D eigenvalue weighted by Crippen LogP contribution is -2.03. The van der Waals surface area contributed by atoms with Gasteiger partial charge in [0.15, 0.2) is 0 Å². The van der Waals surface area contributed by atoms with E-state index in [4.69, 9.17) is 0 Å². The SMILES string of the molecule is CCCCCC1=Cc2cc(F)cc(F)c2CC1. The van der Waals surface area contributed by atoms with E-state index in [1.165, 1.54) is 30.9 Å². The Kier molecular flexibility index (Phi) is 3.93. The molecule has 92 valence electrons. The van der Waals surface area contributed by atoms with Crippen LogP contribution in [0.3, 0.4) is 0 Å². The maximum atomic E-state index is 13.5. The van der Waals surface area contributed by atoms with E-state index in [2.05, 4.69) is 6.92 Å². The summed E-state index contributed by atoms with van der Waals surface area (Å²) in [5, 5.41) is 0. The van der Waals surface area contributed by atoms with Crippen LogP contribution >= 0.6 is 0 Å². The molecule has 0 unspecified atom stereocenters. The normalized spacial score (nSPS) is 14.4. The van der Waals surface area contributed by atoms with E-state index >= 15 is 0 Å². The lowest BCUT2D eigenvalue weighted by atomic mass is 9.89. The quantitative estimate of drug-likeness (QED) is 0.654. The summed E-state index contributed by atoms with van der Waals surface area (Å²) in [6.07, 6.45) is 8.26. The van der Waals surface area contributed by atoms with Gasteiger partial charge in [-0.1, -0.05) is 31.4 Å². The van der Waals surface area contributed by atoms with Crippen LogP contribution in [0.4, 0.5) is 8.78 Å². The van der Waals surface area contributed by atoms with Crippen molar-refractivity contribution in [1.82, 2.24) is 0 Å². The molecule has 1 aliphatic carbocycles. The van der Waals surface area contributed by atoms with Crippen LogP contribution in [0.5, 0.6) is 0 Å². The van der Waals surface area contributed by atoms with Crippen molar-refractivity contribution in [2.75, 3.05) is 0 Å². The first-order valence-corrected chi connectivity index (χ1v) is 6.38. The minimum absolute atomic E-state index is 0.399. The number of halogens is 2. The van der Waals surface area contributed by atoms with Gasteiger partial charge >= 0.3 is 0 Å². The molecule has 0 atom stereocenters. The fourth-order valence-corrected chi connectivity index (χ4v) is 2.39. The molecule has 0 spiro atoms. The number of benzene rings is 1. The molecule has 1 aromatic rings. The third kappa shape index (κ3) is 2.93. The van der Waals surface area contributed by atoms with E-state index in [-0.39, 0.29) is 0 Å². The molecule has 0 nitrogen and oxygen atoms in total. The van der Waals surface area contributed by atoms with Crippen molar-refractivity contribution < 1.29 is 8.78 Å². The summed E-state index contributed by atoms with van der Waals surface area (Å²) in [6, 6.07) is 2.42. The van der Waals surface area contributed by atoms with Gasteiger partial charge in [0, 0.05) is 6.07 Å². The molecule has 0 radical (unpaired) electrons. The molecule has 0 aromatic heterocycles. The number of hydrogen-bond donors (Lipinski definition) is 0. The average molecular weight is 236 g/mol. The lowest BCUT2D eigenvalue weighted by Gasteiger charge is -2.17. The van der Waals surface area contributed by atoms with E-state index in [1.54, 1.807) is 0 Å². The summed E-state index contributed by atoms with van der Waals surface area (Å²) in [4.78, 5) is 0. The maximum absolute atomic E-state index is 13.5. The number of fused-ring (bicyclic) bond motifs is 1. The highest BCUT2D eigenvalue weighted by molar-refractivity contribution is 5.59. The van der Waals surface area contributed by atoms with E-state index in [9.17, 15) is 8.78 Å². The third-order valence-corrected chi connectivity index (χ3v) is 3.35. The molecule has 0 N–H and O–H groups in total. The molecule has 2 heteroatoms. The molecule has 2 rings (SSSR count). The van der Waals surface area contributed by atoms with E-state index in [0.717, 1.165) is 24.5 Å². The fraction of sp³-hybridized carbons (Fsp3) is 0.467. The second-order valence-corrected chi connectivity index (χ2v) is 4.72. The highest BCUT2D eigenvalue weighted by Crippen LogP contribution is 2.29. The minimum Gasteiger partial charge on any atom is -0.207 e. The van der Waals surface area contributed by atoms with Crippen molar-refractivity contribution in [1.29, 1.82) is 0 Å². The summed E-state index contributed by atoms with van der Waals surface area (Å²) in [5.41, 5.74) is 2.74. The molecule has 0 bridgehead atoms. The Morgan fingerprint density at radius 2 is 1.94 bits per heavy atom. The van der Waals surface area contributed by atoms with Crippen LogP contribution in [0.15, 0.2) is 17.7 Å². The number of unbranched alkanes of at least 4 members (excludes halogenated alkanes) is 2. The predicted molar refractivity (Wildman–Crippen MR) is 66.8 cm³/mol. The molecular weight excluding hydrogens is 218 g/mol. The number of rotatable bonds is 4.